The van der Waals surface area contributed by atoms with Crippen molar-refractivity contribution in [1.29, 1.82) is 0 Å². The van der Waals surface area contributed by atoms with Crippen LogP contribution in [-0.4, -0.2) is 36.3 Å². The fourth-order valence-electron chi connectivity index (χ4n) is 2.77. The summed E-state index contributed by atoms with van der Waals surface area (Å²) < 4.78 is 19.8. The second kappa shape index (κ2) is 4.43. The van der Waals surface area contributed by atoms with Gasteiger partial charge in [-0.05, 0) is 26.0 Å². The Morgan fingerprint density at radius 2 is 2.25 bits per heavy atom. The maximum absolute atomic E-state index is 14.3. The second-order valence-corrected chi connectivity index (χ2v) is 5.80. The molecule has 0 aliphatic carbocycles. The number of amides is 1. The number of carbonyl (C=O) groups excluding carboxylic acids is 1. The van der Waals surface area contributed by atoms with Crippen LogP contribution < -0.4 is 10.2 Å². The molecular weight excluding hydrogens is 263 g/mol. The molecule has 0 radical (unpaired) electrons. The number of aliphatic hydroxyl groups is 1. The molecule has 1 saturated heterocycles. The monoisotopic (exact) mass is 280 g/mol. The molecule has 2 heterocycles. The molecule has 6 heteroatoms. The Kier molecular flexibility index (Phi) is 2.95. The molecule has 2 N–H and O–H groups in total. The van der Waals surface area contributed by atoms with Crippen LogP contribution in [0.5, 0.6) is 0 Å². The summed E-state index contributed by atoms with van der Waals surface area (Å²) in [5, 5.41) is 12.2. The molecule has 5 nitrogen and oxygen atoms in total. The standard InChI is InChI=1S/C14H17FN2O3/c1-14(2)7-20-4-3-17(14)11-6-10-8(5-9(11)15)12(18)13(19)16-10/h5-6,12,18H,3-4,7H2,1-2H3,(H,16,19). The fraction of sp³-hybridized carbons (Fsp3) is 0.500. The molecule has 1 aromatic rings. The number of hydrogen-bond donors (Lipinski definition) is 2. The van der Waals surface area contributed by atoms with Gasteiger partial charge >= 0.3 is 0 Å². The average molecular weight is 280 g/mol. The lowest BCUT2D eigenvalue weighted by atomic mass is 10.00. The predicted octanol–water partition coefficient (Wildman–Crippen LogP) is 1.43. The van der Waals surface area contributed by atoms with Crippen LogP contribution in [0.1, 0.15) is 25.5 Å². The summed E-state index contributed by atoms with van der Waals surface area (Å²) in [7, 11) is 0. The highest BCUT2D eigenvalue weighted by Gasteiger charge is 2.35. The third kappa shape index (κ3) is 1.96. The third-order valence-corrected chi connectivity index (χ3v) is 3.86. The molecule has 20 heavy (non-hydrogen) atoms. The zero-order chi connectivity index (χ0) is 14.5. The number of ether oxygens (including phenoxy) is 1. The zero-order valence-corrected chi connectivity index (χ0v) is 11.4. The first kappa shape index (κ1) is 13.3. The molecule has 3 rings (SSSR count). The fourth-order valence-corrected chi connectivity index (χ4v) is 2.77. The Balaban J connectivity index is 2.03. The lowest BCUT2D eigenvalue weighted by molar-refractivity contribution is -0.123. The molecule has 1 atom stereocenters. The molecule has 1 fully saturated rings. The predicted molar refractivity (Wildman–Crippen MR) is 72.2 cm³/mol. The summed E-state index contributed by atoms with van der Waals surface area (Å²) in [5.74, 6) is -0.952. The molecule has 0 saturated carbocycles. The summed E-state index contributed by atoms with van der Waals surface area (Å²) >= 11 is 0. The largest absolute Gasteiger partial charge is 0.378 e. The highest BCUT2D eigenvalue weighted by Crippen LogP contribution is 2.38. The van der Waals surface area contributed by atoms with Crippen molar-refractivity contribution in [1.82, 2.24) is 0 Å². The number of benzene rings is 1. The number of nitrogens with one attached hydrogen (secondary N) is 1. The molecule has 1 amide bonds. The van der Waals surface area contributed by atoms with E-state index in [1.165, 1.54) is 6.07 Å². The van der Waals surface area contributed by atoms with E-state index in [1.54, 1.807) is 6.07 Å². The Labute approximate surface area is 116 Å². The Hall–Kier alpha value is -1.66. The minimum Gasteiger partial charge on any atom is -0.378 e. The maximum Gasteiger partial charge on any atom is 0.257 e. The van der Waals surface area contributed by atoms with Gasteiger partial charge in [-0.1, -0.05) is 0 Å². The average Bonchev–Trinajstić information content (AvgIpc) is 2.65. The van der Waals surface area contributed by atoms with Gasteiger partial charge in [0.15, 0.2) is 6.10 Å². The van der Waals surface area contributed by atoms with Crippen molar-refractivity contribution in [3.8, 4) is 0 Å². The van der Waals surface area contributed by atoms with E-state index >= 15 is 0 Å². The highest BCUT2D eigenvalue weighted by atomic mass is 19.1. The summed E-state index contributed by atoms with van der Waals surface area (Å²) in [5.41, 5.74) is 0.865. The van der Waals surface area contributed by atoms with Gasteiger partial charge in [-0.25, -0.2) is 4.39 Å². The molecule has 1 aromatic carbocycles. The number of hydrogen-bond acceptors (Lipinski definition) is 4. The Morgan fingerprint density at radius 1 is 1.50 bits per heavy atom. The van der Waals surface area contributed by atoms with Gasteiger partial charge in [0.2, 0.25) is 0 Å². The van der Waals surface area contributed by atoms with Gasteiger partial charge in [-0.3, -0.25) is 4.79 Å². The third-order valence-electron chi connectivity index (χ3n) is 3.86. The Bertz CT molecular complexity index is 574. The van der Waals surface area contributed by atoms with Crippen LogP contribution in [0, 0.1) is 5.82 Å². The van der Waals surface area contributed by atoms with E-state index in [9.17, 15) is 14.3 Å². The summed E-state index contributed by atoms with van der Waals surface area (Å²) in [6.07, 6.45) is -1.29. The van der Waals surface area contributed by atoms with Crippen molar-refractivity contribution in [2.75, 3.05) is 30.0 Å². The normalized spacial score (nSPS) is 24.5. The van der Waals surface area contributed by atoms with Crippen LogP contribution in [0.4, 0.5) is 15.8 Å². The van der Waals surface area contributed by atoms with E-state index in [0.29, 0.717) is 36.7 Å². The number of fused-ring (bicyclic) bond motifs is 1. The molecule has 2 aliphatic heterocycles. The van der Waals surface area contributed by atoms with Crippen molar-refractivity contribution < 1.29 is 19.0 Å². The smallest absolute Gasteiger partial charge is 0.257 e. The maximum atomic E-state index is 14.3. The van der Waals surface area contributed by atoms with Crippen molar-refractivity contribution >= 4 is 17.3 Å². The zero-order valence-electron chi connectivity index (χ0n) is 11.4. The van der Waals surface area contributed by atoms with E-state index < -0.39 is 17.8 Å². The van der Waals surface area contributed by atoms with Crippen LogP contribution in [0.25, 0.3) is 0 Å². The van der Waals surface area contributed by atoms with E-state index in [0.717, 1.165) is 0 Å². The number of nitrogens with zero attached hydrogens (tertiary/aromatic N) is 1. The minimum absolute atomic E-state index is 0.294. The second-order valence-electron chi connectivity index (χ2n) is 5.80. The summed E-state index contributed by atoms with van der Waals surface area (Å²) in [6, 6.07) is 2.82. The molecule has 0 spiro atoms. The SMILES string of the molecule is CC1(C)COCCN1c1cc2c(cc1F)C(O)C(=O)N2. The summed E-state index contributed by atoms with van der Waals surface area (Å²) in [4.78, 5) is 13.4. The quantitative estimate of drug-likeness (QED) is 0.817. The van der Waals surface area contributed by atoms with Gasteiger partial charge in [0.25, 0.3) is 5.91 Å². The molecule has 108 valence electrons. The van der Waals surface area contributed by atoms with Gasteiger partial charge in [0.1, 0.15) is 5.82 Å². The van der Waals surface area contributed by atoms with Crippen molar-refractivity contribution in [2.45, 2.75) is 25.5 Å². The first-order chi connectivity index (χ1) is 9.40. The first-order valence-electron chi connectivity index (χ1n) is 6.58. The number of halogens is 1. The van der Waals surface area contributed by atoms with Crippen LogP contribution in [0.15, 0.2) is 12.1 Å². The summed E-state index contributed by atoms with van der Waals surface area (Å²) in [6.45, 7) is 5.59. The van der Waals surface area contributed by atoms with Crippen molar-refractivity contribution in [3.05, 3.63) is 23.5 Å². The topological polar surface area (TPSA) is 61.8 Å². The van der Waals surface area contributed by atoms with Crippen LogP contribution in [-0.2, 0) is 9.53 Å². The first-order valence-corrected chi connectivity index (χ1v) is 6.58. The van der Waals surface area contributed by atoms with Crippen LogP contribution >= 0.6 is 0 Å². The van der Waals surface area contributed by atoms with Gasteiger partial charge in [-0.15, -0.1) is 0 Å². The number of rotatable bonds is 1. The number of morpholine rings is 1. The van der Waals surface area contributed by atoms with E-state index in [1.807, 2.05) is 18.7 Å². The number of aliphatic hydroxyl groups excluding tert-OH is 1. The van der Waals surface area contributed by atoms with Gasteiger partial charge < -0.3 is 20.1 Å². The molecule has 1 unspecified atom stereocenters. The van der Waals surface area contributed by atoms with E-state index in [4.69, 9.17) is 4.74 Å². The highest BCUT2D eigenvalue weighted by molar-refractivity contribution is 6.02. The van der Waals surface area contributed by atoms with Gasteiger partial charge in [-0.2, -0.15) is 0 Å². The van der Waals surface area contributed by atoms with Crippen molar-refractivity contribution in [3.63, 3.8) is 0 Å². The van der Waals surface area contributed by atoms with E-state index in [2.05, 4.69) is 5.32 Å². The van der Waals surface area contributed by atoms with E-state index in [-0.39, 0.29) is 5.54 Å². The lowest BCUT2D eigenvalue weighted by Crippen LogP contribution is -2.53. The number of carbonyl (C=O) groups is 1. The van der Waals surface area contributed by atoms with Gasteiger partial charge in [0, 0.05) is 17.8 Å². The van der Waals surface area contributed by atoms with Crippen LogP contribution in [0.3, 0.4) is 0 Å². The number of anilines is 2. The van der Waals surface area contributed by atoms with Crippen LogP contribution in [0.2, 0.25) is 0 Å². The van der Waals surface area contributed by atoms with Gasteiger partial charge in [0.05, 0.1) is 24.4 Å². The molecule has 0 aromatic heterocycles. The molecule has 2 aliphatic rings. The lowest BCUT2D eigenvalue weighted by Gasteiger charge is -2.44. The Morgan fingerprint density at radius 3 is 2.95 bits per heavy atom. The molecule has 0 bridgehead atoms. The minimum atomic E-state index is -1.29. The van der Waals surface area contributed by atoms with Crippen molar-refractivity contribution in [2.24, 2.45) is 0 Å². The molecular formula is C14H17FN2O3.